The Kier molecular flexibility index (Phi) is 3.77. The number of furan rings is 1. The molecule has 1 aromatic heterocycles. The van der Waals surface area contributed by atoms with Crippen LogP contribution in [-0.2, 0) is 0 Å². The normalized spacial score (nSPS) is 12.1. The molecule has 1 unspecified atom stereocenters. The molecule has 0 aliphatic rings. The van der Waals surface area contributed by atoms with Crippen LogP contribution in [-0.4, -0.2) is 12.2 Å². The van der Waals surface area contributed by atoms with E-state index in [-0.39, 0.29) is 11.8 Å². The minimum atomic E-state index is 0.0906. The van der Waals surface area contributed by atoms with Gasteiger partial charge in [0, 0.05) is 11.8 Å². The first-order chi connectivity index (χ1) is 8.74. The van der Waals surface area contributed by atoms with Gasteiger partial charge in [0.25, 0.3) is 0 Å². The van der Waals surface area contributed by atoms with Crippen molar-refractivity contribution in [2.75, 3.05) is 12.4 Å². The third-order valence-electron chi connectivity index (χ3n) is 2.81. The van der Waals surface area contributed by atoms with Gasteiger partial charge in [0.05, 0.1) is 19.4 Å². The van der Waals surface area contributed by atoms with Crippen LogP contribution in [0.3, 0.4) is 0 Å². The van der Waals surface area contributed by atoms with E-state index < -0.39 is 0 Å². The number of hydrogen-bond donors (Lipinski definition) is 2. The molecule has 0 aliphatic heterocycles. The third-order valence-corrected chi connectivity index (χ3v) is 2.81. The molecule has 1 atom stereocenters. The van der Waals surface area contributed by atoms with Crippen LogP contribution in [0.5, 0.6) is 11.5 Å². The molecule has 18 heavy (non-hydrogen) atoms. The van der Waals surface area contributed by atoms with Gasteiger partial charge in [0.1, 0.15) is 5.76 Å². The van der Waals surface area contributed by atoms with Gasteiger partial charge in [-0.3, -0.25) is 0 Å². The number of anilines is 1. The van der Waals surface area contributed by atoms with Crippen molar-refractivity contribution in [1.82, 2.24) is 0 Å². The molecule has 4 heteroatoms. The zero-order chi connectivity index (χ0) is 13.0. The second kappa shape index (κ2) is 5.49. The van der Waals surface area contributed by atoms with Crippen LogP contribution < -0.4 is 10.1 Å². The quantitative estimate of drug-likeness (QED) is 0.848. The molecule has 0 aliphatic carbocycles. The van der Waals surface area contributed by atoms with E-state index in [1.54, 1.807) is 18.4 Å². The first kappa shape index (κ1) is 12.4. The monoisotopic (exact) mass is 247 g/mol. The summed E-state index contributed by atoms with van der Waals surface area (Å²) < 4.78 is 10.4. The van der Waals surface area contributed by atoms with Crippen LogP contribution in [0.4, 0.5) is 5.69 Å². The topological polar surface area (TPSA) is 54.6 Å². The van der Waals surface area contributed by atoms with Gasteiger partial charge < -0.3 is 19.6 Å². The van der Waals surface area contributed by atoms with Gasteiger partial charge in [-0.25, -0.2) is 0 Å². The minimum absolute atomic E-state index is 0.0906. The number of hydrogen-bond acceptors (Lipinski definition) is 4. The fourth-order valence-corrected chi connectivity index (χ4v) is 1.84. The molecule has 1 heterocycles. The SMILES string of the molecule is CCC(Nc1ccc(OC)c(O)c1)c1ccco1. The summed E-state index contributed by atoms with van der Waals surface area (Å²) in [6.07, 6.45) is 2.55. The van der Waals surface area contributed by atoms with Gasteiger partial charge in [-0.15, -0.1) is 0 Å². The van der Waals surface area contributed by atoms with Gasteiger partial charge in [-0.05, 0) is 30.7 Å². The van der Waals surface area contributed by atoms with E-state index in [0.29, 0.717) is 5.75 Å². The van der Waals surface area contributed by atoms with E-state index in [1.165, 1.54) is 7.11 Å². The maximum Gasteiger partial charge on any atom is 0.160 e. The number of phenolic OH excluding ortho intramolecular Hbond substituents is 1. The molecule has 96 valence electrons. The molecule has 2 rings (SSSR count). The zero-order valence-electron chi connectivity index (χ0n) is 10.5. The summed E-state index contributed by atoms with van der Waals surface area (Å²) in [4.78, 5) is 0. The lowest BCUT2D eigenvalue weighted by molar-refractivity contribution is 0.373. The zero-order valence-corrected chi connectivity index (χ0v) is 10.5. The first-order valence-electron chi connectivity index (χ1n) is 5.91. The van der Waals surface area contributed by atoms with Gasteiger partial charge in [0.2, 0.25) is 0 Å². The molecule has 0 spiro atoms. The fraction of sp³-hybridized carbons (Fsp3) is 0.286. The molecule has 0 saturated carbocycles. The lowest BCUT2D eigenvalue weighted by Gasteiger charge is -2.16. The highest BCUT2D eigenvalue weighted by Crippen LogP contribution is 2.31. The fourth-order valence-electron chi connectivity index (χ4n) is 1.84. The van der Waals surface area contributed by atoms with Crippen molar-refractivity contribution < 1.29 is 14.3 Å². The molecule has 0 fully saturated rings. The molecule has 2 N–H and O–H groups in total. The van der Waals surface area contributed by atoms with Crippen LogP contribution in [0, 0.1) is 0 Å². The van der Waals surface area contributed by atoms with E-state index in [0.717, 1.165) is 17.9 Å². The van der Waals surface area contributed by atoms with Crippen LogP contribution in [0.15, 0.2) is 41.0 Å². The van der Waals surface area contributed by atoms with E-state index in [4.69, 9.17) is 9.15 Å². The maximum absolute atomic E-state index is 9.72. The molecule has 0 radical (unpaired) electrons. The first-order valence-corrected chi connectivity index (χ1v) is 5.91. The highest BCUT2D eigenvalue weighted by molar-refractivity contribution is 5.54. The van der Waals surface area contributed by atoms with Crippen molar-refractivity contribution in [3.8, 4) is 11.5 Å². The summed E-state index contributed by atoms with van der Waals surface area (Å²) in [5, 5.41) is 13.0. The van der Waals surface area contributed by atoms with Crippen LogP contribution in [0.1, 0.15) is 25.1 Å². The summed E-state index contributed by atoms with van der Waals surface area (Å²) in [5.74, 6) is 1.47. The number of methoxy groups -OCH3 is 1. The van der Waals surface area contributed by atoms with E-state index in [1.807, 2.05) is 18.2 Å². The molecule has 4 nitrogen and oxygen atoms in total. The number of ether oxygens (including phenoxy) is 1. The van der Waals surface area contributed by atoms with E-state index >= 15 is 0 Å². The smallest absolute Gasteiger partial charge is 0.160 e. The Bertz CT molecular complexity index is 494. The number of nitrogens with one attached hydrogen (secondary N) is 1. The second-order valence-electron chi connectivity index (χ2n) is 4.01. The molecular formula is C14H17NO3. The number of aromatic hydroxyl groups is 1. The van der Waals surface area contributed by atoms with Crippen molar-refractivity contribution in [2.45, 2.75) is 19.4 Å². The summed E-state index contributed by atoms with van der Waals surface area (Å²) in [5.41, 5.74) is 0.830. The Labute approximate surface area is 106 Å². The molecule has 0 amide bonds. The number of rotatable bonds is 5. The summed E-state index contributed by atoms with van der Waals surface area (Å²) >= 11 is 0. The molecule has 1 aromatic carbocycles. The lowest BCUT2D eigenvalue weighted by Crippen LogP contribution is -2.08. The molecule has 0 bridgehead atoms. The van der Waals surface area contributed by atoms with E-state index in [2.05, 4.69) is 12.2 Å². The van der Waals surface area contributed by atoms with Crippen LogP contribution >= 0.6 is 0 Å². The summed E-state index contributed by atoms with van der Waals surface area (Å²) in [7, 11) is 1.53. The van der Waals surface area contributed by atoms with Crippen molar-refractivity contribution >= 4 is 5.69 Å². The standard InChI is InChI=1S/C14H17NO3/c1-3-11(13-5-4-8-18-13)15-10-6-7-14(17-2)12(16)9-10/h4-9,11,15-16H,3H2,1-2H3. The number of phenols is 1. The Morgan fingerprint density at radius 3 is 2.78 bits per heavy atom. The highest BCUT2D eigenvalue weighted by Gasteiger charge is 2.12. The van der Waals surface area contributed by atoms with E-state index in [9.17, 15) is 5.11 Å². The predicted octanol–water partition coefficient (Wildman–Crippen LogP) is 3.56. The summed E-state index contributed by atoms with van der Waals surface area (Å²) in [6.45, 7) is 2.07. The minimum Gasteiger partial charge on any atom is -0.504 e. The Morgan fingerprint density at radius 2 is 2.22 bits per heavy atom. The van der Waals surface area contributed by atoms with Crippen molar-refractivity contribution in [1.29, 1.82) is 0 Å². The van der Waals surface area contributed by atoms with Crippen LogP contribution in [0.2, 0.25) is 0 Å². The third kappa shape index (κ3) is 2.59. The van der Waals surface area contributed by atoms with Gasteiger partial charge >= 0.3 is 0 Å². The Hall–Kier alpha value is -2.10. The molecule has 2 aromatic rings. The van der Waals surface area contributed by atoms with Gasteiger partial charge in [-0.1, -0.05) is 6.92 Å². The van der Waals surface area contributed by atoms with Crippen molar-refractivity contribution in [2.24, 2.45) is 0 Å². The maximum atomic E-state index is 9.72. The Balaban J connectivity index is 2.15. The van der Waals surface area contributed by atoms with Crippen molar-refractivity contribution in [3.05, 3.63) is 42.4 Å². The summed E-state index contributed by atoms with van der Waals surface area (Å²) in [6, 6.07) is 9.13. The van der Waals surface area contributed by atoms with Crippen molar-refractivity contribution in [3.63, 3.8) is 0 Å². The predicted molar refractivity (Wildman–Crippen MR) is 70.0 cm³/mol. The molecule has 0 saturated heterocycles. The Morgan fingerprint density at radius 1 is 1.39 bits per heavy atom. The second-order valence-corrected chi connectivity index (χ2v) is 4.01. The average molecular weight is 247 g/mol. The largest absolute Gasteiger partial charge is 0.504 e. The van der Waals surface area contributed by atoms with Gasteiger partial charge in [-0.2, -0.15) is 0 Å². The highest BCUT2D eigenvalue weighted by atomic mass is 16.5. The molecular weight excluding hydrogens is 230 g/mol. The number of benzene rings is 1. The average Bonchev–Trinajstić information content (AvgIpc) is 2.90. The van der Waals surface area contributed by atoms with Gasteiger partial charge in [0.15, 0.2) is 11.5 Å². The van der Waals surface area contributed by atoms with Crippen LogP contribution in [0.25, 0.3) is 0 Å². The lowest BCUT2D eigenvalue weighted by atomic mass is 10.1.